The lowest BCUT2D eigenvalue weighted by atomic mass is 10.0. The maximum absolute atomic E-state index is 11.4. The topological polar surface area (TPSA) is 114 Å². The summed E-state index contributed by atoms with van der Waals surface area (Å²) in [7, 11) is -9.12. The monoisotopic (exact) mass is 516 g/mol. The van der Waals surface area contributed by atoms with Gasteiger partial charge in [0.2, 0.25) is 0 Å². The molecule has 0 bridgehead atoms. The van der Waals surface area contributed by atoms with Crippen molar-refractivity contribution in [1.29, 1.82) is 0 Å². The largest absolute Gasteiger partial charge is 0.744 e. The fraction of sp³-hybridized carbons (Fsp3) is 0. The van der Waals surface area contributed by atoms with Crippen molar-refractivity contribution in [2.24, 2.45) is 0 Å². The summed E-state index contributed by atoms with van der Waals surface area (Å²) in [5.41, 5.74) is 4.26. The van der Waals surface area contributed by atoms with Crippen LogP contribution in [-0.4, -0.2) is 25.9 Å². The van der Waals surface area contributed by atoms with Gasteiger partial charge in [0.05, 0.1) is 9.79 Å². The van der Waals surface area contributed by atoms with E-state index in [1.54, 1.807) is 48.6 Å². The van der Waals surface area contributed by atoms with Crippen molar-refractivity contribution in [2.45, 2.75) is 9.79 Å². The molecule has 4 aromatic carbocycles. The van der Waals surface area contributed by atoms with Crippen LogP contribution in [0, 0.1) is 0 Å². The summed E-state index contributed by atoms with van der Waals surface area (Å²) in [5.74, 6) is 0. The van der Waals surface area contributed by atoms with Crippen LogP contribution >= 0.6 is 0 Å². The molecule has 0 radical (unpaired) electrons. The Hall–Kier alpha value is -3.82. The van der Waals surface area contributed by atoms with Gasteiger partial charge in [0, 0.05) is 0 Å². The SMILES string of the molecule is O=S(=O)([O-])c1ccccc1/C=C\c1ccc(-c2ccc(/C=C/c3ccccc3S(=O)(=O)[O-])cc2)cc1. The van der Waals surface area contributed by atoms with Crippen molar-refractivity contribution in [1.82, 2.24) is 0 Å². The Morgan fingerprint density at radius 3 is 1.11 bits per heavy atom. The van der Waals surface area contributed by atoms with E-state index in [0.29, 0.717) is 11.1 Å². The third kappa shape index (κ3) is 6.24. The molecule has 36 heavy (non-hydrogen) atoms. The van der Waals surface area contributed by atoms with Crippen LogP contribution in [-0.2, 0) is 20.2 Å². The van der Waals surface area contributed by atoms with Crippen molar-refractivity contribution in [3.8, 4) is 11.1 Å². The van der Waals surface area contributed by atoms with Gasteiger partial charge in [-0.2, -0.15) is 0 Å². The highest BCUT2D eigenvalue weighted by Crippen LogP contribution is 2.24. The molecule has 0 atom stereocenters. The van der Waals surface area contributed by atoms with E-state index in [9.17, 15) is 25.9 Å². The fourth-order valence-electron chi connectivity index (χ4n) is 3.64. The molecule has 0 aromatic heterocycles. The summed E-state index contributed by atoms with van der Waals surface area (Å²) in [5, 5.41) is 0. The molecule has 0 saturated carbocycles. The second-order valence-electron chi connectivity index (χ2n) is 7.89. The normalized spacial score (nSPS) is 12.4. The van der Waals surface area contributed by atoms with Crippen LogP contribution in [0.15, 0.2) is 107 Å². The summed E-state index contributed by atoms with van der Waals surface area (Å²) in [6.07, 6.45) is 6.66. The number of rotatable bonds is 7. The first-order chi connectivity index (χ1) is 17.1. The van der Waals surface area contributed by atoms with Gasteiger partial charge in [0.15, 0.2) is 0 Å². The molecule has 6 nitrogen and oxygen atoms in total. The molecule has 0 unspecified atom stereocenters. The van der Waals surface area contributed by atoms with Crippen LogP contribution in [0.3, 0.4) is 0 Å². The van der Waals surface area contributed by atoms with E-state index < -0.39 is 20.2 Å². The fourth-order valence-corrected chi connectivity index (χ4v) is 4.98. The first-order valence-electron chi connectivity index (χ1n) is 10.8. The molecule has 182 valence electrons. The van der Waals surface area contributed by atoms with Crippen molar-refractivity contribution in [3.63, 3.8) is 0 Å². The van der Waals surface area contributed by atoms with Crippen molar-refractivity contribution < 1.29 is 25.9 Å². The number of hydrogen-bond acceptors (Lipinski definition) is 6. The smallest absolute Gasteiger partial charge is 0.125 e. The van der Waals surface area contributed by atoms with Gasteiger partial charge >= 0.3 is 0 Å². The minimum Gasteiger partial charge on any atom is -0.744 e. The van der Waals surface area contributed by atoms with Crippen LogP contribution in [0.1, 0.15) is 22.3 Å². The summed E-state index contributed by atoms with van der Waals surface area (Å²) in [6.45, 7) is 0. The van der Waals surface area contributed by atoms with E-state index in [4.69, 9.17) is 0 Å². The highest BCUT2D eigenvalue weighted by molar-refractivity contribution is 7.86. The molecular formula is C28H20O6S2-2. The average Bonchev–Trinajstić information content (AvgIpc) is 2.86. The Bertz CT molecular complexity index is 1520. The van der Waals surface area contributed by atoms with Crippen molar-refractivity contribution in [3.05, 3.63) is 119 Å². The lowest BCUT2D eigenvalue weighted by molar-refractivity contribution is 0.460. The molecule has 8 heteroatoms. The van der Waals surface area contributed by atoms with E-state index in [1.165, 1.54) is 24.3 Å². The first-order valence-corrected chi connectivity index (χ1v) is 13.6. The molecule has 0 N–H and O–H groups in total. The summed E-state index contributed by atoms with van der Waals surface area (Å²) in [6, 6.07) is 27.3. The van der Waals surface area contributed by atoms with Crippen LogP contribution < -0.4 is 0 Å². The number of benzene rings is 4. The Morgan fingerprint density at radius 1 is 0.444 bits per heavy atom. The molecule has 0 aliphatic rings. The van der Waals surface area contributed by atoms with Gasteiger partial charge in [-0.15, -0.1) is 0 Å². The molecule has 0 amide bonds. The zero-order chi connectivity index (χ0) is 25.8. The molecule has 4 rings (SSSR count). The second-order valence-corrected chi connectivity index (χ2v) is 10.6. The van der Waals surface area contributed by atoms with Crippen LogP contribution in [0.4, 0.5) is 0 Å². The predicted octanol–water partition coefficient (Wildman–Crippen LogP) is 5.50. The van der Waals surface area contributed by atoms with Crippen LogP contribution in [0.25, 0.3) is 35.4 Å². The van der Waals surface area contributed by atoms with Gasteiger partial charge in [-0.1, -0.05) is 109 Å². The molecule has 0 saturated heterocycles. The van der Waals surface area contributed by atoms with Crippen molar-refractivity contribution in [2.75, 3.05) is 0 Å². The Balaban J connectivity index is 1.49. The third-order valence-corrected chi connectivity index (χ3v) is 7.26. The quantitative estimate of drug-likeness (QED) is 0.237. The van der Waals surface area contributed by atoms with Gasteiger partial charge in [0.25, 0.3) is 0 Å². The van der Waals surface area contributed by atoms with Gasteiger partial charge < -0.3 is 9.11 Å². The minimum atomic E-state index is -4.56. The molecule has 0 aliphatic carbocycles. The standard InChI is InChI=1S/C28H22O6S2/c29-35(30,31)27-7-3-1-5-25(27)19-13-21-9-15-23(16-10-21)24-17-11-22(12-18-24)14-20-26-6-2-4-8-28(26)36(32,33)34/h1-20H,(H,29,30,31)(H,32,33,34)/p-2/b19-13-,20-14+. The molecule has 0 fully saturated rings. The van der Waals surface area contributed by atoms with Crippen molar-refractivity contribution >= 4 is 44.5 Å². The lowest BCUT2D eigenvalue weighted by Crippen LogP contribution is -2.00. The maximum Gasteiger partial charge on any atom is 0.125 e. The number of hydrogen-bond donors (Lipinski definition) is 0. The first kappa shape index (κ1) is 25.3. The summed E-state index contributed by atoms with van der Waals surface area (Å²) in [4.78, 5) is -0.518. The van der Waals surface area contributed by atoms with E-state index in [2.05, 4.69) is 0 Å². The zero-order valence-electron chi connectivity index (χ0n) is 18.8. The van der Waals surface area contributed by atoms with Gasteiger partial charge in [0.1, 0.15) is 20.2 Å². The van der Waals surface area contributed by atoms with Gasteiger partial charge in [-0.3, -0.25) is 0 Å². The summed E-state index contributed by atoms with van der Waals surface area (Å²) >= 11 is 0. The Kier molecular flexibility index (Phi) is 7.32. The van der Waals surface area contributed by atoms with E-state index >= 15 is 0 Å². The van der Waals surface area contributed by atoms with E-state index in [1.807, 2.05) is 48.5 Å². The molecule has 4 aromatic rings. The van der Waals surface area contributed by atoms with Gasteiger partial charge in [-0.05, 0) is 45.5 Å². The van der Waals surface area contributed by atoms with Gasteiger partial charge in [-0.25, -0.2) is 16.8 Å². The molecule has 0 aliphatic heterocycles. The minimum absolute atomic E-state index is 0.259. The molecule has 0 spiro atoms. The Labute approximate surface area is 210 Å². The zero-order valence-corrected chi connectivity index (χ0v) is 20.4. The summed E-state index contributed by atoms with van der Waals surface area (Å²) < 4.78 is 68.6. The van der Waals surface area contributed by atoms with E-state index in [-0.39, 0.29) is 9.79 Å². The lowest BCUT2D eigenvalue weighted by Gasteiger charge is -2.10. The second kappa shape index (κ2) is 10.4. The molecule has 0 heterocycles. The molecular weight excluding hydrogens is 496 g/mol. The highest BCUT2D eigenvalue weighted by Gasteiger charge is 2.06. The van der Waals surface area contributed by atoms with Crippen LogP contribution in [0.2, 0.25) is 0 Å². The highest BCUT2D eigenvalue weighted by atomic mass is 32.2. The maximum atomic E-state index is 11.4. The van der Waals surface area contributed by atoms with Crippen LogP contribution in [0.5, 0.6) is 0 Å². The average molecular weight is 517 g/mol. The Morgan fingerprint density at radius 2 is 0.778 bits per heavy atom. The predicted molar refractivity (Wildman–Crippen MR) is 139 cm³/mol. The third-order valence-electron chi connectivity index (χ3n) is 5.44. The van der Waals surface area contributed by atoms with E-state index in [0.717, 1.165) is 22.3 Å².